The molecule has 0 unspecified atom stereocenters. The van der Waals surface area contributed by atoms with Crippen LogP contribution in [0.3, 0.4) is 0 Å². The van der Waals surface area contributed by atoms with E-state index in [1.807, 2.05) is 30.3 Å². The van der Waals surface area contributed by atoms with Crippen molar-refractivity contribution in [1.29, 1.82) is 0 Å². The van der Waals surface area contributed by atoms with Crippen LogP contribution in [0.4, 0.5) is 11.4 Å². The number of primary amides is 1. The third-order valence-corrected chi connectivity index (χ3v) is 4.30. The molecule has 0 heterocycles. The average Bonchev–Trinajstić information content (AvgIpc) is 2.77. The zero-order valence-corrected chi connectivity index (χ0v) is 16.2. The molecule has 5 N–H and O–H groups in total. The van der Waals surface area contributed by atoms with Gasteiger partial charge in [0.15, 0.2) is 0 Å². The van der Waals surface area contributed by atoms with Gasteiger partial charge < -0.3 is 21.7 Å². The number of anilines is 2. The Kier molecular flexibility index (Phi) is 6.78. The van der Waals surface area contributed by atoms with Gasteiger partial charge in [-0.3, -0.25) is 14.4 Å². The molecule has 0 aliphatic heterocycles. The summed E-state index contributed by atoms with van der Waals surface area (Å²) in [6, 6.07) is 22.9. The van der Waals surface area contributed by atoms with Gasteiger partial charge in [-0.05, 0) is 42.0 Å². The molecule has 30 heavy (non-hydrogen) atoms. The average molecular weight is 402 g/mol. The number of amides is 3. The van der Waals surface area contributed by atoms with Gasteiger partial charge in [-0.1, -0.05) is 42.5 Å². The van der Waals surface area contributed by atoms with Crippen molar-refractivity contribution >= 4 is 29.1 Å². The van der Waals surface area contributed by atoms with E-state index in [0.717, 1.165) is 5.56 Å². The normalized spacial score (nSPS) is 10.1. The minimum atomic E-state index is -0.537. The molecule has 7 heteroatoms. The summed E-state index contributed by atoms with van der Waals surface area (Å²) < 4.78 is 0. The first-order valence-corrected chi connectivity index (χ1v) is 9.37. The van der Waals surface area contributed by atoms with Crippen LogP contribution in [0.2, 0.25) is 0 Å². The Balaban J connectivity index is 1.54. The zero-order valence-electron chi connectivity index (χ0n) is 16.2. The van der Waals surface area contributed by atoms with Crippen molar-refractivity contribution in [2.24, 2.45) is 5.73 Å². The fourth-order valence-electron chi connectivity index (χ4n) is 2.79. The maximum Gasteiger partial charge on any atom is 0.251 e. The molecule has 0 aliphatic carbocycles. The summed E-state index contributed by atoms with van der Waals surface area (Å²) in [5.41, 5.74) is 8.18. The first kappa shape index (κ1) is 20.6. The Labute approximate surface area is 174 Å². The number of nitrogens with one attached hydrogen (secondary N) is 3. The number of carbonyl (C=O) groups excluding carboxylic acids is 3. The highest BCUT2D eigenvalue weighted by Crippen LogP contribution is 2.12. The van der Waals surface area contributed by atoms with Crippen LogP contribution < -0.4 is 21.7 Å². The molecule has 3 amide bonds. The van der Waals surface area contributed by atoms with Crippen molar-refractivity contribution < 1.29 is 14.4 Å². The molecule has 0 saturated heterocycles. The smallest absolute Gasteiger partial charge is 0.251 e. The molecule has 0 radical (unpaired) electrons. The molecule has 3 rings (SSSR count). The van der Waals surface area contributed by atoms with Crippen LogP contribution in [-0.4, -0.2) is 24.3 Å². The second kappa shape index (κ2) is 9.88. The van der Waals surface area contributed by atoms with Crippen molar-refractivity contribution in [2.75, 3.05) is 17.2 Å². The SMILES string of the molecule is NC(=O)c1cccc(NCC(=O)Nc2cccc(C(=O)NCc3ccccc3)c2)c1. The molecule has 0 fully saturated rings. The van der Waals surface area contributed by atoms with Crippen LogP contribution >= 0.6 is 0 Å². The third-order valence-electron chi connectivity index (χ3n) is 4.30. The van der Waals surface area contributed by atoms with Gasteiger partial charge in [-0.2, -0.15) is 0 Å². The molecule has 0 bridgehead atoms. The molecular weight excluding hydrogens is 380 g/mol. The maximum absolute atomic E-state index is 12.4. The van der Waals surface area contributed by atoms with E-state index in [4.69, 9.17) is 5.73 Å². The highest BCUT2D eigenvalue weighted by molar-refractivity contribution is 5.98. The Hall–Kier alpha value is -4.13. The lowest BCUT2D eigenvalue weighted by Gasteiger charge is -2.10. The molecule has 0 aliphatic rings. The summed E-state index contributed by atoms with van der Waals surface area (Å²) in [5.74, 6) is -1.05. The lowest BCUT2D eigenvalue weighted by atomic mass is 10.1. The van der Waals surface area contributed by atoms with Crippen LogP contribution in [0.15, 0.2) is 78.9 Å². The molecule has 0 aromatic heterocycles. The molecule has 0 saturated carbocycles. The van der Waals surface area contributed by atoms with Gasteiger partial charge in [0, 0.05) is 29.0 Å². The van der Waals surface area contributed by atoms with Gasteiger partial charge in [0.05, 0.1) is 6.54 Å². The van der Waals surface area contributed by atoms with E-state index in [-0.39, 0.29) is 18.4 Å². The lowest BCUT2D eigenvalue weighted by Crippen LogP contribution is -2.24. The third kappa shape index (κ3) is 5.93. The Bertz CT molecular complexity index is 1050. The first-order valence-electron chi connectivity index (χ1n) is 9.37. The molecule has 152 valence electrons. The summed E-state index contributed by atoms with van der Waals surface area (Å²) in [4.78, 5) is 35.8. The van der Waals surface area contributed by atoms with E-state index in [1.54, 1.807) is 48.5 Å². The molecule has 7 nitrogen and oxygen atoms in total. The highest BCUT2D eigenvalue weighted by Gasteiger charge is 2.08. The van der Waals surface area contributed by atoms with Gasteiger partial charge in [0.1, 0.15) is 0 Å². The zero-order chi connectivity index (χ0) is 21.3. The van der Waals surface area contributed by atoms with Crippen LogP contribution in [0, 0.1) is 0 Å². The second-order valence-corrected chi connectivity index (χ2v) is 6.60. The van der Waals surface area contributed by atoms with E-state index in [1.165, 1.54) is 0 Å². The van der Waals surface area contributed by atoms with Crippen molar-refractivity contribution in [2.45, 2.75) is 6.54 Å². The number of nitrogens with two attached hydrogens (primary N) is 1. The van der Waals surface area contributed by atoms with Crippen LogP contribution in [0.5, 0.6) is 0 Å². The highest BCUT2D eigenvalue weighted by atomic mass is 16.2. The quantitative estimate of drug-likeness (QED) is 0.464. The van der Waals surface area contributed by atoms with Gasteiger partial charge in [0.2, 0.25) is 11.8 Å². The van der Waals surface area contributed by atoms with Crippen molar-refractivity contribution in [1.82, 2.24) is 5.32 Å². The first-order chi connectivity index (χ1) is 14.5. The summed E-state index contributed by atoms with van der Waals surface area (Å²) in [6.45, 7) is 0.414. The van der Waals surface area contributed by atoms with E-state index in [9.17, 15) is 14.4 Å². The summed E-state index contributed by atoms with van der Waals surface area (Å²) >= 11 is 0. The number of hydrogen-bond donors (Lipinski definition) is 4. The van der Waals surface area contributed by atoms with Gasteiger partial charge in [-0.15, -0.1) is 0 Å². The van der Waals surface area contributed by atoms with E-state index < -0.39 is 5.91 Å². The predicted octanol–water partition coefficient (Wildman–Crippen LogP) is 2.77. The van der Waals surface area contributed by atoms with E-state index in [2.05, 4.69) is 16.0 Å². The minimum absolute atomic E-state index is 0.00730. The largest absolute Gasteiger partial charge is 0.376 e. The molecule has 3 aromatic carbocycles. The van der Waals surface area contributed by atoms with E-state index in [0.29, 0.717) is 29.0 Å². The molecule has 0 spiro atoms. The van der Waals surface area contributed by atoms with Crippen molar-refractivity contribution in [3.8, 4) is 0 Å². The summed E-state index contributed by atoms with van der Waals surface area (Å²) in [6.07, 6.45) is 0. The van der Waals surface area contributed by atoms with Crippen LogP contribution in [0.25, 0.3) is 0 Å². The number of hydrogen-bond acceptors (Lipinski definition) is 4. The summed E-state index contributed by atoms with van der Waals surface area (Å²) in [5, 5.41) is 8.54. The minimum Gasteiger partial charge on any atom is -0.376 e. The number of rotatable bonds is 8. The van der Waals surface area contributed by atoms with Gasteiger partial charge in [-0.25, -0.2) is 0 Å². The second-order valence-electron chi connectivity index (χ2n) is 6.60. The van der Waals surface area contributed by atoms with Gasteiger partial charge in [0.25, 0.3) is 5.91 Å². The van der Waals surface area contributed by atoms with Crippen LogP contribution in [-0.2, 0) is 11.3 Å². The van der Waals surface area contributed by atoms with Crippen molar-refractivity contribution in [3.05, 3.63) is 95.6 Å². The number of carbonyl (C=O) groups is 3. The predicted molar refractivity (Wildman–Crippen MR) is 116 cm³/mol. The Morgan fingerprint density at radius 1 is 0.767 bits per heavy atom. The van der Waals surface area contributed by atoms with Crippen LogP contribution in [0.1, 0.15) is 26.3 Å². The van der Waals surface area contributed by atoms with Crippen molar-refractivity contribution in [3.63, 3.8) is 0 Å². The molecule has 3 aromatic rings. The number of benzene rings is 3. The monoisotopic (exact) mass is 402 g/mol. The fourth-order valence-corrected chi connectivity index (χ4v) is 2.79. The standard InChI is InChI=1S/C23H22N4O3/c24-22(29)17-8-4-10-19(12-17)25-15-21(28)27-20-11-5-9-18(13-20)23(30)26-14-16-6-2-1-3-7-16/h1-13,25H,14-15H2,(H2,24,29)(H,26,30)(H,27,28). The molecular formula is C23H22N4O3. The molecule has 0 atom stereocenters. The summed E-state index contributed by atoms with van der Waals surface area (Å²) in [7, 11) is 0. The van der Waals surface area contributed by atoms with E-state index >= 15 is 0 Å². The Morgan fingerprint density at radius 2 is 1.43 bits per heavy atom. The van der Waals surface area contributed by atoms with Gasteiger partial charge >= 0.3 is 0 Å². The lowest BCUT2D eigenvalue weighted by molar-refractivity contribution is -0.114. The maximum atomic E-state index is 12.4. The topological polar surface area (TPSA) is 113 Å². The fraction of sp³-hybridized carbons (Fsp3) is 0.0870. The Morgan fingerprint density at radius 3 is 2.17 bits per heavy atom.